The van der Waals surface area contributed by atoms with Crippen LogP contribution in [0.3, 0.4) is 0 Å². The van der Waals surface area contributed by atoms with Crippen LogP contribution >= 0.6 is 11.6 Å². The predicted octanol–water partition coefficient (Wildman–Crippen LogP) is 4.24. The van der Waals surface area contributed by atoms with Crippen LogP contribution in [0.25, 0.3) is 0 Å². The monoisotopic (exact) mass is 415 g/mol. The average Bonchev–Trinajstić information content (AvgIpc) is 2.48. The highest BCUT2D eigenvalue weighted by Gasteiger charge is 2.22. The fourth-order valence-electron chi connectivity index (χ4n) is 2.08. The molecule has 0 aliphatic carbocycles. The molecule has 0 aliphatic heterocycles. The Bertz CT molecular complexity index is 837. The van der Waals surface area contributed by atoms with E-state index in [9.17, 15) is 13.8 Å². The first kappa shape index (κ1) is 23.3. The Morgan fingerprint density at radius 1 is 1.33 bits per heavy atom. The van der Waals surface area contributed by atoms with Crippen LogP contribution in [0.4, 0.5) is 4.79 Å². The molecule has 0 spiro atoms. The van der Waals surface area contributed by atoms with Gasteiger partial charge in [-0.25, -0.2) is 14.1 Å². The first-order valence-corrected chi connectivity index (χ1v) is 10.4. The van der Waals surface area contributed by atoms with Crippen molar-refractivity contribution in [2.24, 2.45) is 26.3 Å². The number of rotatable bonds is 5. The minimum absolute atomic E-state index is 0.110. The smallest absolute Gasteiger partial charge is 0.433 e. The molecule has 2 N–H and O–H groups in total. The van der Waals surface area contributed by atoms with Crippen molar-refractivity contribution in [1.82, 2.24) is 0 Å². The standard InChI is InChI=1S/C18H26ClN3O4S/c1-12(2)9-13(11-21-17(24)26-18(3,4)5)16(23)22-27(20,25)15-8-6-7-14(19)10-15/h6-8,10-13H,9H2,1-5H3,(H2,20,22,23,25). The summed E-state index contributed by atoms with van der Waals surface area (Å²) in [6.45, 7) is 8.93. The van der Waals surface area contributed by atoms with Crippen molar-refractivity contribution in [3.8, 4) is 0 Å². The molecule has 1 aromatic carbocycles. The molecular weight excluding hydrogens is 390 g/mol. The van der Waals surface area contributed by atoms with Crippen molar-refractivity contribution in [3.63, 3.8) is 0 Å². The van der Waals surface area contributed by atoms with Crippen LogP contribution < -0.4 is 5.14 Å². The number of benzene rings is 1. The first-order chi connectivity index (χ1) is 12.3. The second-order valence-electron chi connectivity index (χ2n) is 7.45. The Morgan fingerprint density at radius 3 is 2.48 bits per heavy atom. The molecule has 0 heterocycles. The van der Waals surface area contributed by atoms with E-state index in [1.165, 1.54) is 18.3 Å². The number of amides is 2. The van der Waals surface area contributed by atoms with E-state index < -0.39 is 33.4 Å². The summed E-state index contributed by atoms with van der Waals surface area (Å²) >= 11 is 5.88. The van der Waals surface area contributed by atoms with E-state index in [0.29, 0.717) is 11.4 Å². The summed E-state index contributed by atoms with van der Waals surface area (Å²) < 4.78 is 21.4. The van der Waals surface area contributed by atoms with Crippen molar-refractivity contribution in [2.75, 3.05) is 0 Å². The summed E-state index contributed by atoms with van der Waals surface area (Å²) in [7, 11) is -3.47. The molecule has 0 aromatic heterocycles. The third-order valence-corrected chi connectivity index (χ3v) is 4.77. The number of halogens is 1. The van der Waals surface area contributed by atoms with E-state index in [4.69, 9.17) is 21.5 Å². The number of nitrogens with zero attached hydrogens (tertiary/aromatic N) is 2. The summed E-state index contributed by atoms with van der Waals surface area (Å²) in [5.74, 6) is -1.45. The van der Waals surface area contributed by atoms with Crippen molar-refractivity contribution in [2.45, 2.75) is 51.5 Å². The molecule has 9 heteroatoms. The Labute approximate surface area is 165 Å². The van der Waals surface area contributed by atoms with E-state index in [-0.39, 0.29) is 10.8 Å². The third kappa shape index (κ3) is 8.64. The van der Waals surface area contributed by atoms with Gasteiger partial charge in [-0.15, -0.1) is 4.36 Å². The summed E-state index contributed by atoms with van der Waals surface area (Å²) in [6, 6.07) is 6.04. The Morgan fingerprint density at radius 2 is 1.96 bits per heavy atom. The van der Waals surface area contributed by atoms with Gasteiger partial charge in [0.2, 0.25) is 0 Å². The molecule has 2 amide bonds. The van der Waals surface area contributed by atoms with E-state index in [1.807, 2.05) is 13.8 Å². The maximum Gasteiger partial charge on any atom is 0.433 e. The van der Waals surface area contributed by atoms with Gasteiger partial charge in [0.05, 0.1) is 10.8 Å². The van der Waals surface area contributed by atoms with Gasteiger partial charge in [0.25, 0.3) is 5.91 Å². The van der Waals surface area contributed by atoms with E-state index in [0.717, 1.165) is 0 Å². The van der Waals surface area contributed by atoms with Crippen molar-refractivity contribution >= 4 is 39.7 Å². The molecule has 0 saturated heterocycles. The van der Waals surface area contributed by atoms with E-state index in [2.05, 4.69) is 9.36 Å². The van der Waals surface area contributed by atoms with Gasteiger partial charge in [-0.2, -0.15) is 4.99 Å². The fourth-order valence-corrected chi connectivity index (χ4v) is 3.41. The lowest BCUT2D eigenvalue weighted by molar-refractivity contribution is -0.119. The molecule has 0 bridgehead atoms. The minimum atomic E-state index is -3.47. The zero-order valence-corrected chi connectivity index (χ0v) is 17.7. The SMILES string of the molecule is CC(C)CC(C=NC(=O)OC(C)(C)C)C(=O)N=S(N)(=O)c1cccc(Cl)c1. The van der Waals surface area contributed by atoms with Crippen LogP contribution in [-0.2, 0) is 19.4 Å². The van der Waals surface area contributed by atoms with Crippen molar-refractivity contribution in [3.05, 3.63) is 29.3 Å². The van der Waals surface area contributed by atoms with Gasteiger partial charge < -0.3 is 4.74 Å². The summed E-state index contributed by atoms with van der Waals surface area (Å²) in [6.07, 6.45) is 0.722. The van der Waals surface area contributed by atoms with Gasteiger partial charge in [-0.05, 0) is 51.3 Å². The van der Waals surface area contributed by atoms with Gasteiger partial charge in [0.1, 0.15) is 15.5 Å². The Kier molecular flexibility index (Phi) is 8.13. The summed E-state index contributed by atoms with van der Waals surface area (Å²) in [5, 5.41) is 6.09. The number of nitrogens with two attached hydrogens (primary N) is 1. The lowest BCUT2D eigenvalue weighted by Crippen LogP contribution is -2.24. The Balaban J connectivity index is 3.11. The number of carbonyl (C=O) groups is 2. The van der Waals surface area contributed by atoms with Crippen molar-refractivity contribution in [1.29, 1.82) is 0 Å². The number of hydrogen-bond donors (Lipinski definition) is 1. The third-order valence-electron chi connectivity index (χ3n) is 3.16. The fraction of sp³-hybridized carbons (Fsp3) is 0.500. The van der Waals surface area contributed by atoms with Crippen LogP contribution in [-0.4, -0.2) is 28.0 Å². The number of aliphatic imine (C=N–C) groups is 1. The highest BCUT2D eigenvalue weighted by Crippen LogP contribution is 2.18. The zero-order chi connectivity index (χ0) is 20.8. The van der Waals surface area contributed by atoms with Gasteiger partial charge in [-0.3, -0.25) is 4.79 Å². The average molecular weight is 416 g/mol. The second kappa shape index (κ2) is 9.43. The first-order valence-electron chi connectivity index (χ1n) is 8.41. The van der Waals surface area contributed by atoms with E-state index in [1.54, 1.807) is 32.9 Å². The number of hydrogen-bond acceptors (Lipinski definition) is 4. The summed E-state index contributed by atoms with van der Waals surface area (Å²) in [4.78, 5) is 28.1. The van der Waals surface area contributed by atoms with E-state index >= 15 is 0 Å². The molecular formula is C18H26ClN3O4S. The normalized spacial score (nSPS) is 15.4. The van der Waals surface area contributed by atoms with Gasteiger partial charge in [-0.1, -0.05) is 31.5 Å². The largest absolute Gasteiger partial charge is 0.442 e. The minimum Gasteiger partial charge on any atom is -0.442 e. The van der Waals surface area contributed by atoms with Crippen molar-refractivity contribution < 1.29 is 18.5 Å². The molecule has 2 atom stereocenters. The van der Waals surface area contributed by atoms with Gasteiger partial charge >= 0.3 is 6.09 Å². The number of ether oxygens (including phenoxy) is 1. The van der Waals surface area contributed by atoms with Gasteiger partial charge in [0.15, 0.2) is 0 Å². The lowest BCUT2D eigenvalue weighted by atomic mass is 9.98. The van der Waals surface area contributed by atoms with Gasteiger partial charge in [0, 0.05) is 11.2 Å². The number of carbonyl (C=O) groups excluding carboxylic acids is 2. The molecule has 0 aliphatic rings. The zero-order valence-electron chi connectivity index (χ0n) is 16.1. The van der Waals surface area contributed by atoms with Crippen LogP contribution in [0.2, 0.25) is 5.02 Å². The maximum atomic E-state index is 12.7. The molecule has 27 heavy (non-hydrogen) atoms. The van der Waals surface area contributed by atoms with Crippen LogP contribution in [0, 0.1) is 11.8 Å². The Hall–Kier alpha value is -1.77. The molecule has 150 valence electrons. The van der Waals surface area contributed by atoms with Crippen LogP contribution in [0.15, 0.2) is 38.5 Å². The molecule has 0 saturated carbocycles. The topological polar surface area (TPSA) is 111 Å². The maximum absolute atomic E-state index is 12.7. The molecule has 0 radical (unpaired) electrons. The highest BCUT2D eigenvalue weighted by molar-refractivity contribution is 7.91. The lowest BCUT2D eigenvalue weighted by Gasteiger charge is -2.17. The molecule has 1 aromatic rings. The highest BCUT2D eigenvalue weighted by atomic mass is 35.5. The van der Waals surface area contributed by atoms with Crippen LogP contribution in [0.5, 0.6) is 0 Å². The van der Waals surface area contributed by atoms with Crippen LogP contribution in [0.1, 0.15) is 41.0 Å². The summed E-state index contributed by atoms with van der Waals surface area (Å²) in [5.41, 5.74) is -0.700. The molecule has 0 fully saturated rings. The second-order valence-corrected chi connectivity index (χ2v) is 9.68. The quantitative estimate of drug-likeness (QED) is 0.725. The predicted molar refractivity (Wildman–Crippen MR) is 107 cm³/mol. The molecule has 2 unspecified atom stereocenters. The molecule has 7 nitrogen and oxygen atoms in total. The molecule has 1 rings (SSSR count).